The van der Waals surface area contributed by atoms with Crippen LogP contribution < -0.4 is 5.32 Å². The number of thiazole rings is 1. The molecule has 0 saturated carbocycles. The van der Waals surface area contributed by atoms with Crippen LogP contribution in [0.4, 0.5) is 5.69 Å². The van der Waals surface area contributed by atoms with Crippen molar-refractivity contribution in [2.75, 3.05) is 5.32 Å². The van der Waals surface area contributed by atoms with E-state index in [9.17, 15) is 4.79 Å². The Hall–Kier alpha value is -2.02. The van der Waals surface area contributed by atoms with E-state index in [1.807, 2.05) is 54.6 Å². The number of carbonyl (C=O) groups excluding carboxylic acids is 1. The van der Waals surface area contributed by atoms with Crippen LogP contribution in [0, 0.1) is 0 Å². The Morgan fingerprint density at radius 1 is 0.923 bits per heavy atom. The first-order valence-corrected chi connectivity index (χ1v) is 10.2. The van der Waals surface area contributed by atoms with Crippen LogP contribution in [0.1, 0.15) is 10.4 Å². The number of rotatable bonds is 3. The molecule has 1 aromatic heterocycles. The fourth-order valence-corrected chi connectivity index (χ4v) is 4.37. The van der Waals surface area contributed by atoms with Crippen LogP contribution >= 0.6 is 43.2 Å². The van der Waals surface area contributed by atoms with E-state index in [2.05, 4.69) is 37.2 Å². The Morgan fingerprint density at radius 3 is 2.54 bits per heavy atom. The summed E-state index contributed by atoms with van der Waals surface area (Å²) in [5.74, 6) is -0.156. The molecule has 0 aliphatic rings. The molecule has 3 aromatic carbocycles. The molecule has 1 heterocycles. The first-order chi connectivity index (χ1) is 12.6. The van der Waals surface area contributed by atoms with Gasteiger partial charge in [-0.2, -0.15) is 0 Å². The van der Waals surface area contributed by atoms with Crippen molar-refractivity contribution in [3.8, 4) is 10.6 Å². The topological polar surface area (TPSA) is 42.0 Å². The molecule has 0 atom stereocenters. The van der Waals surface area contributed by atoms with Gasteiger partial charge in [0.15, 0.2) is 0 Å². The summed E-state index contributed by atoms with van der Waals surface area (Å²) in [6.07, 6.45) is 0. The normalized spacial score (nSPS) is 10.8. The number of carbonyl (C=O) groups is 1. The number of aromatic nitrogens is 1. The molecule has 0 saturated heterocycles. The van der Waals surface area contributed by atoms with Crippen molar-refractivity contribution in [1.29, 1.82) is 0 Å². The number of fused-ring (bicyclic) bond motifs is 1. The van der Waals surface area contributed by atoms with E-state index in [-0.39, 0.29) is 5.91 Å². The number of anilines is 1. The maximum atomic E-state index is 12.6. The minimum absolute atomic E-state index is 0.156. The third-order valence-electron chi connectivity index (χ3n) is 3.84. The molecule has 4 aromatic rings. The van der Waals surface area contributed by atoms with Gasteiger partial charge in [-0.3, -0.25) is 4.79 Å². The number of hydrogen-bond donors (Lipinski definition) is 1. The minimum atomic E-state index is -0.156. The van der Waals surface area contributed by atoms with Gasteiger partial charge in [0.25, 0.3) is 5.91 Å². The lowest BCUT2D eigenvalue weighted by Crippen LogP contribution is -2.12. The van der Waals surface area contributed by atoms with Gasteiger partial charge in [-0.25, -0.2) is 4.98 Å². The number of nitrogens with zero attached hydrogens (tertiary/aromatic N) is 1. The second-order valence-corrected chi connectivity index (χ2v) is 8.50. The molecule has 0 radical (unpaired) electrons. The molecule has 0 spiro atoms. The molecular weight excluding hydrogens is 476 g/mol. The van der Waals surface area contributed by atoms with Crippen molar-refractivity contribution in [2.24, 2.45) is 0 Å². The molecule has 0 bridgehead atoms. The van der Waals surface area contributed by atoms with Crippen molar-refractivity contribution in [3.63, 3.8) is 0 Å². The van der Waals surface area contributed by atoms with Gasteiger partial charge in [0, 0.05) is 20.1 Å². The molecule has 1 amide bonds. The van der Waals surface area contributed by atoms with Crippen molar-refractivity contribution in [1.82, 2.24) is 4.98 Å². The van der Waals surface area contributed by atoms with Crippen LogP contribution in [0.5, 0.6) is 0 Å². The van der Waals surface area contributed by atoms with Gasteiger partial charge in [0.05, 0.1) is 15.9 Å². The van der Waals surface area contributed by atoms with E-state index in [1.54, 1.807) is 23.5 Å². The number of hydrogen-bond acceptors (Lipinski definition) is 3. The highest BCUT2D eigenvalue weighted by Gasteiger charge is 2.14. The maximum Gasteiger partial charge on any atom is 0.255 e. The quantitative estimate of drug-likeness (QED) is 0.347. The third-order valence-corrected chi connectivity index (χ3v) is 5.90. The van der Waals surface area contributed by atoms with Crippen LogP contribution in [0.2, 0.25) is 0 Å². The number of benzene rings is 3. The average molecular weight is 488 g/mol. The van der Waals surface area contributed by atoms with Crippen molar-refractivity contribution in [3.05, 3.63) is 81.2 Å². The van der Waals surface area contributed by atoms with Crippen LogP contribution in [0.25, 0.3) is 20.8 Å². The monoisotopic (exact) mass is 486 g/mol. The summed E-state index contributed by atoms with van der Waals surface area (Å²) in [4.78, 5) is 17.4. The summed E-state index contributed by atoms with van der Waals surface area (Å²) in [6.45, 7) is 0. The van der Waals surface area contributed by atoms with E-state index in [1.165, 1.54) is 0 Å². The Kier molecular flexibility index (Phi) is 4.89. The zero-order chi connectivity index (χ0) is 18.1. The molecule has 26 heavy (non-hydrogen) atoms. The lowest BCUT2D eigenvalue weighted by Gasteiger charge is -2.10. The van der Waals surface area contributed by atoms with Crippen molar-refractivity contribution in [2.45, 2.75) is 0 Å². The second-order valence-electron chi connectivity index (χ2n) is 5.64. The van der Waals surface area contributed by atoms with Crippen molar-refractivity contribution < 1.29 is 4.79 Å². The average Bonchev–Trinajstić information content (AvgIpc) is 3.07. The molecule has 1 N–H and O–H groups in total. The predicted octanol–water partition coefficient (Wildman–Crippen LogP) is 6.74. The van der Waals surface area contributed by atoms with Gasteiger partial charge in [-0.1, -0.05) is 50.1 Å². The molecule has 4 rings (SSSR count). The maximum absolute atomic E-state index is 12.6. The first-order valence-electron chi connectivity index (χ1n) is 7.82. The standard InChI is InChI=1S/C20H12Br2N2OS/c21-13-5-3-4-12(10-13)19(25)23-16-9-8-14(22)11-15(16)20-24-17-6-1-2-7-18(17)26-20/h1-11H,(H,23,25). The smallest absolute Gasteiger partial charge is 0.255 e. The fourth-order valence-electron chi connectivity index (χ4n) is 2.61. The summed E-state index contributed by atoms with van der Waals surface area (Å²) in [5.41, 5.74) is 3.18. The van der Waals surface area contributed by atoms with Gasteiger partial charge >= 0.3 is 0 Å². The Morgan fingerprint density at radius 2 is 1.73 bits per heavy atom. The van der Waals surface area contributed by atoms with Crippen LogP contribution in [-0.2, 0) is 0 Å². The first kappa shape index (κ1) is 17.4. The molecule has 0 aliphatic carbocycles. The summed E-state index contributed by atoms with van der Waals surface area (Å²) in [7, 11) is 0. The summed E-state index contributed by atoms with van der Waals surface area (Å²) >= 11 is 8.53. The largest absolute Gasteiger partial charge is 0.321 e. The van der Waals surface area contributed by atoms with Gasteiger partial charge in [0.1, 0.15) is 5.01 Å². The zero-order valence-electron chi connectivity index (χ0n) is 13.4. The minimum Gasteiger partial charge on any atom is -0.321 e. The number of nitrogens with one attached hydrogen (secondary N) is 1. The van der Waals surface area contributed by atoms with E-state index >= 15 is 0 Å². The highest BCUT2D eigenvalue weighted by Crippen LogP contribution is 2.36. The fraction of sp³-hybridized carbons (Fsp3) is 0. The van der Waals surface area contributed by atoms with Gasteiger partial charge in [-0.15, -0.1) is 11.3 Å². The molecule has 3 nitrogen and oxygen atoms in total. The number of halogens is 2. The molecule has 128 valence electrons. The molecule has 6 heteroatoms. The lowest BCUT2D eigenvalue weighted by atomic mass is 10.1. The Labute approximate surface area is 171 Å². The lowest BCUT2D eigenvalue weighted by molar-refractivity contribution is 0.102. The van der Waals surface area contributed by atoms with E-state index < -0.39 is 0 Å². The summed E-state index contributed by atoms with van der Waals surface area (Å²) in [5, 5.41) is 3.88. The summed E-state index contributed by atoms with van der Waals surface area (Å²) < 4.78 is 2.92. The van der Waals surface area contributed by atoms with Gasteiger partial charge in [-0.05, 0) is 48.5 Å². The number of amides is 1. The zero-order valence-corrected chi connectivity index (χ0v) is 17.4. The second kappa shape index (κ2) is 7.31. The highest BCUT2D eigenvalue weighted by molar-refractivity contribution is 9.10. The van der Waals surface area contributed by atoms with Gasteiger partial charge < -0.3 is 5.32 Å². The third kappa shape index (κ3) is 3.58. The molecule has 0 aliphatic heterocycles. The summed E-state index contributed by atoms with van der Waals surface area (Å²) in [6, 6.07) is 21.1. The highest BCUT2D eigenvalue weighted by atomic mass is 79.9. The van der Waals surface area contributed by atoms with Crippen LogP contribution in [0.15, 0.2) is 75.7 Å². The van der Waals surface area contributed by atoms with Gasteiger partial charge in [0.2, 0.25) is 0 Å². The van der Waals surface area contributed by atoms with E-state index in [4.69, 9.17) is 4.98 Å². The predicted molar refractivity (Wildman–Crippen MR) is 115 cm³/mol. The van der Waals surface area contributed by atoms with Crippen molar-refractivity contribution >= 4 is 65.0 Å². The van der Waals surface area contributed by atoms with E-state index in [0.717, 1.165) is 35.4 Å². The Bertz CT molecular complexity index is 1090. The Balaban J connectivity index is 1.74. The SMILES string of the molecule is O=C(Nc1ccc(Br)cc1-c1nc2ccccc2s1)c1cccc(Br)c1. The molecule has 0 fully saturated rings. The van der Waals surface area contributed by atoms with Crippen LogP contribution in [0.3, 0.4) is 0 Å². The van der Waals surface area contributed by atoms with E-state index in [0.29, 0.717) is 5.56 Å². The van der Waals surface area contributed by atoms with Crippen LogP contribution in [-0.4, -0.2) is 10.9 Å². The number of para-hydroxylation sites is 1. The molecular formula is C20H12Br2N2OS. The molecule has 0 unspecified atom stereocenters.